The number of aliphatic hydroxyl groups is 1. The summed E-state index contributed by atoms with van der Waals surface area (Å²) in [5.41, 5.74) is 4.49. The fourth-order valence-electron chi connectivity index (χ4n) is 2.69. The zero-order chi connectivity index (χ0) is 18.8. The number of ether oxygens (including phenoxy) is 3. The Balaban J connectivity index is 2.84. The molecular weight excluding hydrogens is 314 g/mol. The Kier molecular flexibility index (Phi) is 6.27. The van der Waals surface area contributed by atoms with Gasteiger partial charge in [-0.15, -0.1) is 0 Å². The molecule has 7 heteroatoms. The first-order valence-corrected chi connectivity index (χ1v) is 8.30. The molecule has 1 fully saturated rings. The maximum atomic E-state index is 12.8. The molecule has 1 aliphatic rings. The van der Waals surface area contributed by atoms with E-state index in [-0.39, 0.29) is 12.0 Å². The lowest BCUT2D eigenvalue weighted by molar-refractivity contribution is -0.164. The molecule has 1 heterocycles. The Hall–Kier alpha value is -1.34. The van der Waals surface area contributed by atoms with E-state index in [0.29, 0.717) is 6.42 Å². The average molecular weight is 345 g/mol. The van der Waals surface area contributed by atoms with E-state index in [1.165, 1.54) is 0 Å². The van der Waals surface area contributed by atoms with Crippen molar-refractivity contribution >= 4 is 12.1 Å². The monoisotopic (exact) mass is 345 g/mol. The number of esters is 1. The van der Waals surface area contributed by atoms with Gasteiger partial charge in [0.05, 0.1) is 12.0 Å². The summed E-state index contributed by atoms with van der Waals surface area (Å²) < 4.78 is 15.1. The number of carbonyl (C=O) groups excluding carboxylic acids is 2. The second-order valence-corrected chi connectivity index (χ2v) is 8.09. The van der Waals surface area contributed by atoms with Crippen molar-refractivity contribution in [1.29, 1.82) is 0 Å². The van der Waals surface area contributed by atoms with Crippen molar-refractivity contribution in [2.24, 2.45) is 16.6 Å². The SMILES string of the molecule is CCC(C)(C)CC(C)(C(=O)OCC1OC(=O)OC1CO)C(C)(C)N. The summed E-state index contributed by atoms with van der Waals surface area (Å²) in [5, 5.41) is 9.18. The van der Waals surface area contributed by atoms with Crippen molar-refractivity contribution in [1.82, 2.24) is 0 Å². The summed E-state index contributed by atoms with van der Waals surface area (Å²) in [6.45, 7) is 11.1. The summed E-state index contributed by atoms with van der Waals surface area (Å²) in [6.07, 6.45) is -1.05. The second kappa shape index (κ2) is 7.27. The molecule has 7 nitrogen and oxygen atoms in total. The molecule has 3 N–H and O–H groups in total. The highest BCUT2D eigenvalue weighted by Gasteiger charge is 2.49. The Morgan fingerprint density at radius 3 is 2.21 bits per heavy atom. The van der Waals surface area contributed by atoms with E-state index in [9.17, 15) is 14.7 Å². The molecule has 140 valence electrons. The zero-order valence-corrected chi connectivity index (χ0v) is 15.5. The summed E-state index contributed by atoms with van der Waals surface area (Å²) in [6, 6.07) is 0. The van der Waals surface area contributed by atoms with Gasteiger partial charge in [-0.05, 0) is 32.6 Å². The van der Waals surface area contributed by atoms with E-state index in [0.717, 1.165) is 6.42 Å². The van der Waals surface area contributed by atoms with Crippen LogP contribution in [-0.4, -0.2) is 48.2 Å². The Labute approximate surface area is 143 Å². The second-order valence-electron chi connectivity index (χ2n) is 8.09. The molecule has 1 rings (SSSR count). The first-order valence-electron chi connectivity index (χ1n) is 8.30. The third kappa shape index (κ3) is 4.60. The normalized spacial score (nSPS) is 24.1. The first-order chi connectivity index (χ1) is 10.9. The van der Waals surface area contributed by atoms with Crippen LogP contribution in [0.1, 0.15) is 54.4 Å². The molecule has 0 aliphatic carbocycles. The van der Waals surface area contributed by atoms with Gasteiger partial charge in [0.2, 0.25) is 0 Å². The van der Waals surface area contributed by atoms with E-state index in [1.54, 1.807) is 20.8 Å². The highest BCUT2D eigenvalue weighted by Crippen LogP contribution is 2.43. The van der Waals surface area contributed by atoms with Gasteiger partial charge in [0.25, 0.3) is 0 Å². The lowest BCUT2D eigenvalue weighted by Crippen LogP contribution is -2.56. The lowest BCUT2D eigenvalue weighted by atomic mass is 9.64. The Morgan fingerprint density at radius 1 is 1.21 bits per heavy atom. The van der Waals surface area contributed by atoms with Crippen LogP contribution in [0, 0.1) is 10.8 Å². The Morgan fingerprint density at radius 2 is 1.75 bits per heavy atom. The van der Waals surface area contributed by atoms with Crippen molar-refractivity contribution < 1.29 is 28.9 Å². The van der Waals surface area contributed by atoms with Crippen molar-refractivity contribution in [3.05, 3.63) is 0 Å². The lowest BCUT2D eigenvalue weighted by Gasteiger charge is -2.44. The molecule has 0 amide bonds. The van der Waals surface area contributed by atoms with Crippen molar-refractivity contribution in [3.8, 4) is 0 Å². The van der Waals surface area contributed by atoms with Crippen LogP contribution in [0.4, 0.5) is 4.79 Å². The van der Waals surface area contributed by atoms with Gasteiger partial charge in [0.1, 0.15) is 6.61 Å². The van der Waals surface area contributed by atoms with E-state index in [4.69, 9.17) is 19.9 Å². The predicted octanol–water partition coefficient (Wildman–Crippen LogP) is 2.00. The highest BCUT2D eigenvalue weighted by molar-refractivity contribution is 5.78. The number of cyclic esters (lactones) is 2. The molecule has 0 saturated carbocycles. The smallest absolute Gasteiger partial charge is 0.461 e. The molecule has 1 saturated heterocycles. The van der Waals surface area contributed by atoms with Gasteiger partial charge in [0, 0.05) is 5.54 Å². The minimum absolute atomic E-state index is 0.0824. The first kappa shape index (κ1) is 20.7. The van der Waals surface area contributed by atoms with Crippen molar-refractivity contribution in [2.45, 2.75) is 72.1 Å². The largest absolute Gasteiger partial charge is 0.509 e. The molecule has 0 aromatic heterocycles. The van der Waals surface area contributed by atoms with Crippen LogP contribution in [0.2, 0.25) is 0 Å². The maximum Gasteiger partial charge on any atom is 0.509 e. The molecule has 0 spiro atoms. The van der Waals surface area contributed by atoms with Crippen LogP contribution < -0.4 is 5.73 Å². The van der Waals surface area contributed by atoms with Crippen LogP contribution >= 0.6 is 0 Å². The number of aliphatic hydroxyl groups excluding tert-OH is 1. The molecule has 0 bridgehead atoms. The van der Waals surface area contributed by atoms with Crippen LogP contribution in [0.15, 0.2) is 0 Å². The number of rotatable bonds is 8. The fourth-order valence-corrected chi connectivity index (χ4v) is 2.69. The van der Waals surface area contributed by atoms with Gasteiger partial charge in [-0.1, -0.05) is 27.2 Å². The number of hydrogen-bond acceptors (Lipinski definition) is 7. The predicted molar refractivity (Wildman–Crippen MR) is 88.2 cm³/mol. The van der Waals surface area contributed by atoms with Crippen molar-refractivity contribution in [3.63, 3.8) is 0 Å². The van der Waals surface area contributed by atoms with Gasteiger partial charge in [-0.3, -0.25) is 4.79 Å². The molecule has 1 aliphatic heterocycles. The van der Waals surface area contributed by atoms with Crippen LogP contribution in [0.3, 0.4) is 0 Å². The van der Waals surface area contributed by atoms with Crippen LogP contribution in [0.5, 0.6) is 0 Å². The molecule has 3 atom stereocenters. The van der Waals surface area contributed by atoms with Crippen molar-refractivity contribution in [2.75, 3.05) is 13.2 Å². The van der Waals surface area contributed by atoms with E-state index in [1.807, 2.05) is 0 Å². The molecule has 3 unspecified atom stereocenters. The van der Waals surface area contributed by atoms with Crippen LogP contribution in [0.25, 0.3) is 0 Å². The van der Waals surface area contributed by atoms with E-state index in [2.05, 4.69) is 20.8 Å². The fraction of sp³-hybridized carbons (Fsp3) is 0.882. The summed E-state index contributed by atoms with van der Waals surface area (Å²) in [4.78, 5) is 23.9. The quantitative estimate of drug-likeness (QED) is 0.648. The summed E-state index contributed by atoms with van der Waals surface area (Å²) in [5.74, 6) is -0.448. The van der Waals surface area contributed by atoms with Gasteiger partial charge in [-0.25, -0.2) is 4.79 Å². The van der Waals surface area contributed by atoms with E-state index >= 15 is 0 Å². The molecule has 0 aromatic carbocycles. The minimum Gasteiger partial charge on any atom is -0.461 e. The van der Waals surface area contributed by atoms with Gasteiger partial charge in [0.15, 0.2) is 12.2 Å². The average Bonchev–Trinajstić information content (AvgIpc) is 2.83. The number of nitrogens with two attached hydrogens (primary N) is 1. The maximum absolute atomic E-state index is 12.8. The highest BCUT2D eigenvalue weighted by atomic mass is 16.8. The molecule has 0 aromatic rings. The molecular formula is C17H31NO6. The summed E-state index contributed by atoms with van der Waals surface area (Å²) >= 11 is 0. The van der Waals surface area contributed by atoms with Gasteiger partial charge < -0.3 is 25.1 Å². The molecule has 0 radical (unpaired) electrons. The zero-order valence-electron chi connectivity index (χ0n) is 15.5. The third-order valence-electron chi connectivity index (χ3n) is 5.13. The topological polar surface area (TPSA) is 108 Å². The molecule has 24 heavy (non-hydrogen) atoms. The van der Waals surface area contributed by atoms with Gasteiger partial charge in [-0.2, -0.15) is 0 Å². The Bertz CT molecular complexity index is 470. The van der Waals surface area contributed by atoms with Crippen LogP contribution in [-0.2, 0) is 19.0 Å². The number of carbonyl (C=O) groups is 2. The summed E-state index contributed by atoms with van der Waals surface area (Å²) in [7, 11) is 0. The number of hydrogen-bond donors (Lipinski definition) is 2. The van der Waals surface area contributed by atoms with E-state index < -0.39 is 41.9 Å². The van der Waals surface area contributed by atoms with Gasteiger partial charge >= 0.3 is 12.1 Å². The third-order valence-corrected chi connectivity index (χ3v) is 5.13. The minimum atomic E-state index is -0.912. The standard InChI is InChI=1S/C17H31NO6/c1-7-15(2,3)10-17(6,16(4,5)18)13(20)22-9-12-11(8-19)23-14(21)24-12/h11-12,19H,7-10,18H2,1-6H3.